The molecule has 0 saturated carbocycles. The number of aryl methyl sites for hydroxylation is 1. The van der Waals surface area contributed by atoms with Gasteiger partial charge < -0.3 is 10.6 Å². The van der Waals surface area contributed by atoms with Crippen molar-refractivity contribution >= 4 is 29.2 Å². The molecule has 106 valence electrons. The van der Waals surface area contributed by atoms with Gasteiger partial charge in [0.2, 0.25) is 5.95 Å². The third-order valence-corrected chi connectivity index (χ3v) is 3.56. The first-order valence-electron chi connectivity index (χ1n) is 6.71. The third-order valence-electron chi connectivity index (χ3n) is 2.84. The number of thioether (sulfide) groups is 1. The van der Waals surface area contributed by atoms with Crippen LogP contribution in [0, 0.1) is 6.92 Å². The molecule has 2 aromatic rings. The fraction of sp³-hybridized carbons (Fsp3) is 0.333. The molecule has 0 aliphatic rings. The molecule has 0 amide bonds. The highest BCUT2D eigenvalue weighted by molar-refractivity contribution is 7.98. The molecule has 0 fully saturated rings. The number of benzene rings is 1. The number of anilines is 3. The van der Waals surface area contributed by atoms with Crippen molar-refractivity contribution in [2.24, 2.45) is 0 Å². The van der Waals surface area contributed by atoms with Crippen LogP contribution in [0.2, 0.25) is 0 Å². The highest BCUT2D eigenvalue weighted by Crippen LogP contribution is 2.23. The second-order valence-electron chi connectivity index (χ2n) is 4.51. The number of aromatic nitrogens is 2. The fourth-order valence-electron chi connectivity index (χ4n) is 1.73. The van der Waals surface area contributed by atoms with Crippen LogP contribution in [0.3, 0.4) is 0 Å². The summed E-state index contributed by atoms with van der Waals surface area (Å²) in [4.78, 5) is 10.0. The van der Waals surface area contributed by atoms with Crippen LogP contribution in [0.25, 0.3) is 0 Å². The molecule has 0 aliphatic heterocycles. The quantitative estimate of drug-likeness (QED) is 0.785. The maximum Gasteiger partial charge on any atom is 0.224 e. The summed E-state index contributed by atoms with van der Waals surface area (Å²) in [6.07, 6.45) is 4.96. The topological polar surface area (TPSA) is 49.8 Å². The first-order chi connectivity index (χ1) is 9.72. The molecule has 1 aromatic heterocycles. The third kappa shape index (κ3) is 3.87. The average molecular weight is 288 g/mol. The molecule has 4 nitrogen and oxygen atoms in total. The zero-order chi connectivity index (χ0) is 14.4. The maximum atomic E-state index is 4.52. The van der Waals surface area contributed by atoms with Crippen molar-refractivity contribution in [3.63, 3.8) is 0 Å². The van der Waals surface area contributed by atoms with Gasteiger partial charge in [0.15, 0.2) is 0 Å². The van der Waals surface area contributed by atoms with E-state index in [0.717, 1.165) is 30.0 Å². The lowest BCUT2D eigenvalue weighted by atomic mass is 10.3. The lowest BCUT2D eigenvalue weighted by Crippen LogP contribution is -2.06. The number of nitrogens with one attached hydrogen (secondary N) is 2. The van der Waals surface area contributed by atoms with Crippen molar-refractivity contribution in [3.8, 4) is 0 Å². The molecular weight excluding hydrogens is 268 g/mol. The summed E-state index contributed by atoms with van der Waals surface area (Å²) in [5, 5.41) is 6.56. The number of hydrogen-bond donors (Lipinski definition) is 2. The Bertz CT molecular complexity index is 572. The van der Waals surface area contributed by atoms with Gasteiger partial charge in [0.1, 0.15) is 5.82 Å². The van der Waals surface area contributed by atoms with Crippen molar-refractivity contribution in [1.82, 2.24) is 9.97 Å². The van der Waals surface area contributed by atoms with Gasteiger partial charge in [-0.25, -0.2) is 4.98 Å². The molecule has 0 radical (unpaired) electrons. The lowest BCUT2D eigenvalue weighted by Gasteiger charge is -2.11. The highest BCUT2D eigenvalue weighted by atomic mass is 32.2. The molecule has 5 heteroatoms. The van der Waals surface area contributed by atoms with Crippen LogP contribution in [0.15, 0.2) is 35.4 Å². The van der Waals surface area contributed by atoms with E-state index in [-0.39, 0.29) is 0 Å². The van der Waals surface area contributed by atoms with Crippen LogP contribution in [0.5, 0.6) is 0 Å². The Balaban J connectivity index is 2.18. The van der Waals surface area contributed by atoms with Gasteiger partial charge in [-0.2, -0.15) is 4.98 Å². The summed E-state index contributed by atoms with van der Waals surface area (Å²) < 4.78 is 0. The van der Waals surface area contributed by atoms with E-state index in [9.17, 15) is 0 Å². The van der Waals surface area contributed by atoms with Gasteiger partial charge in [-0.05, 0) is 37.8 Å². The summed E-state index contributed by atoms with van der Waals surface area (Å²) in [5.74, 6) is 1.51. The first kappa shape index (κ1) is 14.7. The van der Waals surface area contributed by atoms with Crippen LogP contribution in [0.4, 0.5) is 17.5 Å². The highest BCUT2D eigenvalue weighted by Gasteiger charge is 2.04. The van der Waals surface area contributed by atoms with E-state index >= 15 is 0 Å². The molecule has 0 bridgehead atoms. The summed E-state index contributed by atoms with van der Waals surface area (Å²) in [5.41, 5.74) is 2.07. The van der Waals surface area contributed by atoms with Crippen molar-refractivity contribution < 1.29 is 0 Å². The predicted octanol–water partition coefficient (Wildman–Crippen LogP) is 4.07. The molecule has 1 heterocycles. The van der Waals surface area contributed by atoms with Crippen molar-refractivity contribution in [2.45, 2.75) is 25.2 Å². The van der Waals surface area contributed by atoms with E-state index in [1.807, 2.05) is 25.3 Å². The molecule has 0 unspecified atom stereocenters. The normalized spacial score (nSPS) is 10.3. The lowest BCUT2D eigenvalue weighted by molar-refractivity contribution is 0.950. The summed E-state index contributed by atoms with van der Waals surface area (Å²) in [6.45, 7) is 5.00. The molecule has 2 rings (SSSR count). The summed E-state index contributed by atoms with van der Waals surface area (Å²) >= 11 is 1.73. The largest absolute Gasteiger partial charge is 0.354 e. The van der Waals surface area contributed by atoms with Gasteiger partial charge in [0.25, 0.3) is 0 Å². The molecule has 0 aliphatic carbocycles. The Kier molecular flexibility index (Phi) is 5.24. The summed E-state index contributed by atoms with van der Waals surface area (Å²) in [6, 6.07) is 8.30. The number of rotatable bonds is 6. The molecule has 20 heavy (non-hydrogen) atoms. The van der Waals surface area contributed by atoms with E-state index in [2.05, 4.69) is 45.9 Å². The van der Waals surface area contributed by atoms with Crippen LogP contribution < -0.4 is 10.6 Å². The van der Waals surface area contributed by atoms with Gasteiger partial charge in [-0.15, -0.1) is 11.8 Å². The van der Waals surface area contributed by atoms with Gasteiger partial charge in [-0.1, -0.05) is 13.0 Å². The van der Waals surface area contributed by atoms with E-state index in [1.54, 1.807) is 11.8 Å². The Hall–Kier alpha value is -1.75. The maximum absolute atomic E-state index is 4.52. The molecule has 0 atom stereocenters. The van der Waals surface area contributed by atoms with E-state index in [1.165, 1.54) is 4.90 Å². The zero-order valence-electron chi connectivity index (χ0n) is 12.1. The zero-order valence-corrected chi connectivity index (χ0v) is 12.9. The van der Waals surface area contributed by atoms with Gasteiger partial charge >= 0.3 is 0 Å². The Morgan fingerprint density at radius 3 is 2.90 bits per heavy atom. The minimum absolute atomic E-state index is 0.668. The van der Waals surface area contributed by atoms with Crippen LogP contribution in [0.1, 0.15) is 18.9 Å². The second-order valence-corrected chi connectivity index (χ2v) is 5.39. The van der Waals surface area contributed by atoms with E-state index < -0.39 is 0 Å². The van der Waals surface area contributed by atoms with Crippen molar-refractivity contribution in [1.29, 1.82) is 0 Å². The SMILES string of the molecule is CCCNc1ncc(C)c(Nc2cccc(SC)c2)n1. The second kappa shape index (κ2) is 7.14. The standard InChI is InChI=1S/C15H20N4S/c1-4-8-16-15-17-10-11(2)14(19-15)18-12-6-5-7-13(9-12)20-3/h5-7,9-10H,4,8H2,1-3H3,(H2,16,17,18,19). The minimum atomic E-state index is 0.668. The molecule has 0 saturated heterocycles. The van der Waals surface area contributed by atoms with Crippen molar-refractivity contribution in [3.05, 3.63) is 36.0 Å². The van der Waals surface area contributed by atoms with Gasteiger partial charge in [0, 0.05) is 28.9 Å². The van der Waals surface area contributed by atoms with E-state index in [4.69, 9.17) is 0 Å². The Morgan fingerprint density at radius 2 is 2.15 bits per heavy atom. The van der Waals surface area contributed by atoms with E-state index in [0.29, 0.717) is 5.95 Å². The van der Waals surface area contributed by atoms with Gasteiger partial charge in [-0.3, -0.25) is 0 Å². The monoisotopic (exact) mass is 288 g/mol. The Labute approximate surface area is 124 Å². The molecular formula is C15H20N4S. The molecule has 0 spiro atoms. The fourth-order valence-corrected chi connectivity index (χ4v) is 2.19. The van der Waals surface area contributed by atoms with Crippen LogP contribution in [-0.4, -0.2) is 22.8 Å². The molecule has 1 aromatic carbocycles. The van der Waals surface area contributed by atoms with Crippen molar-refractivity contribution in [2.75, 3.05) is 23.4 Å². The number of nitrogens with zero attached hydrogens (tertiary/aromatic N) is 2. The van der Waals surface area contributed by atoms with Crippen LogP contribution >= 0.6 is 11.8 Å². The number of hydrogen-bond acceptors (Lipinski definition) is 5. The summed E-state index contributed by atoms with van der Waals surface area (Å²) in [7, 11) is 0. The van der Waals surface area contributed by atoms with Gasteiger partial charge in [0.05, 0.1) is 0 Å². The van der Waals surface area contributed by atoms with Crippen LogP contribution in [-0.2, 0) is 0 Å². The predicted molar refractivity (Wildman–Crippen MR) is 87.1 cm³/mol. The molecule has 2 N–H and O–H groups in total. The smallest absolute Gasteiger partial charge is 0.224 e. The minimum Gasteiger partial charge on any atom is -0.354 e. The first-order valence-corrected chi connectivity index (χ1v) is 7.94. The Morgan fingerprint density at radius 1 is 1.30 bits per heavy atom. The average Bonchev–Trinajstić information content (AvgIpc) is 2.48.